The zero-order chi connectivity index (χ0) is 16.0. The van der Waals surface area contributed by atoms with Crippen LogP contribution in [0.15, 0.2) is 18.2 Å². The van der Waals surface area contributed by atoms with E-state index in [4.69, 9.17) is 22.1 Å². The zero-order valence-corrected chi connectivity index (χ0v) is 13.1. The maximum atomic E-state index is 11.9. The number of methoxy groups -OCH3 is 1. The van der Waals surface area contributed by atoms with Gasteiger partial charge in [0.2, 0.25) is 5.91 Å². The first-order chi connectivity index (χ1) is 9.88. The molecular weight excluding hydrogens is 294 g/mol. The van der Waals surface area contributed by atoms with Crippen molar-refractivity contribution in [1.29, 1.82) is 0 Å². The van der Waals surface area contributed by atoms with E-state index in [9.17, 15) is 9.59 Å². The highest BCUT2D eigenvalue weighted by molar-refractivity contribution is 6.33. The number of hydrogen-bond donors (Lipinski definition) is 2. The Morgan fingerprint density at radius 2 is 2.10 bits per heavy atom. The molecule has 1 aromatic rings. The summed E-state index contributed by atoms with van der Waals surface area (Å²) in [5.74, 6) is -0.442. The van der Waals surface area contributed by atoms with Gasteiger partial charge in [-0.1, -0.05) is 11.6 Å². The second-order valence-corrected chi connectivity index (χ2v) is 5.15. The van der Waals surface area contributed by atoms with Crippen molar-refractivity contribution in [3.63, 3.8) is 0 Å². The molecule has 1 aromatic carbocycles. The van der Waals surface area contributed by atoms with Gasteiger partial charge in [-0.25, -0.2) is 0 Å². The summed E-state index contributed by atoms with van der Waals surface area (Å²) in [6.07, 6.45) is -0.231. The molecular formula is C14H20ClN3O3. The highest BCUT2D eigenvalue weighted by Crippen LogP contribution is 2.24. The van der Waals surface area contributed by atoms with E-state index < -0.39 is 0 Å². The normalized spacial score (nSPS) is 11.9. The van der Waals surface area contributed by atoms with Crippen molar-refractivity contribution in [2.45, 2.75) is 12.5 Å². The van der Waals surface area contributed by atoms with Gasteiger partial charge < -0.3 is 20.7 Å². The quantitative estimate of drug-likeness (QED) is 0.830. The summed E-state index contributed by atoms with van der Waals surface area (Å²) in [6.45, 7) is 0.247. The van der Waals surface area contributed by atoms with Gasteiger partial charge in [-0.05, 0) is 18.2 Å². The molecule has 3 N–H and O–H groups in total. The van der Waals surface area contributed by atoms with Gasteiger partial charge in [-0.2, -0.15) is 0 Å². The van der Waals surface area contributed by atoms with E-state index >= 15 is 0 Å². The van der Waals surface area contributed by atoms with E-state index in [2.05, 4.69) is 5.32 Å². The first-order valence-corrected chi connectivity index (χ1v) is 6.80. The molecule has 1 atom stereocenters. The number of carbonyl (C=O) groups is 2. The van der Waals surface area contributed by atoms with Gasteiger partial charge in [0.25, 0.3) is 5.91 Å². The van der Waals surface area contributed by atoms with Crippen molar-refractivity contribution in [1.82, 2.24) is 4.90 Å². The molecule has 0 aliphatic heterocycles. The Hall–Kier alpha value is -1.63. The van der Waals surface area contributed by atoms with E-state index in [-0.39, 0.29) is 30.9 Å². The first-order valence-electron chi connectivity index (χ1n) is 6.43. The molecule has 0 aliphatic carbocycles. The first kappa shape index (κ1) is 17.4. The third-order valence-corrected chi connectivity index (χ3v) is 3.23. The van der Waals surface area contributed by atoms with E-state index in [0.29, 0.717) is 16.3 Å². The topological polar surface area (TPSA) is 84.7 Å². The van der Waals surface area contributed by atoms with Gasteiger partial charge in [-0.15, -0.1) is 0 Å². The maximum absolute atomic E-state index is 11.9. The van der Waals surface area contributed by atoms with Crippen molar-refractivity contribution in [2.24, 2.45) is 5.73 Å². The van der Waals surface area contributed by atoms with Crippen LogP contribution >= 0.6 is 11.6 Å². The van der Waals surface area contributed by atoms with Crippen LogP contribution in [0.5, 0.6) is 0 Å². The second kappa shape index (κ2) is 7.97. The van der Waals surface area contributed by atoms with Crippen LogP contribution < -0.4 is 11.1 Å². The minimum Gasteiger partial charge on any atom is -0.380 e. The third kappa shape index (κ3) is 5.00. The van der Waals surface area contributed by atoms with Crippen molar-refractivity contribution in [2.75, 3.05) is 33.1 Å². The predicted molar refractivity (Wildman–Crippen MR) is 82.6 cm³/mol. The molecule has 1 unspecified atom stereocenters. The summed E-state index contributed by atoms with van der Waals surface area (Å²) >= 11 is 6.03. The maximum Gasteiger partial charge on any atom is 0.253 e. The molecule has 0 spiro atoms. The lowest BCUT2D eigenvalue weighted by molar-refractivity contribution is -0.118. The fraction of sp³-hybridized carbons (Fsp3) is 0.429. The van der Waals surface area contributed by atoms with E-state index in [1.54, 1.807) is 32.3 Å². The number of ether oxygens (including phenoxy) is 1. The van der Waals surface area contributed by atoms with Crippen LogP contribution in [0.3, 0.4) is 0 Å². The molecule has 2 amide bonds. The molecule has 6 nitrogen and oxygen atoms in total. The molecule has 0 fully saturated rings. The zero-order valence-electron chi connectivity index (χ0n) is 12.4. The molecule has 0 saturated heterocycles. The van der Waals surface area contributed by atoms with Crippen LogP contribution in [0.2, 0.25) is 5.02 Å². The molecule has 0 saturated carbocycles. The average molecular weight is 314 g/mol. The number of carbonyl (C=O) groups excluding carboxylic acids is 2. The van der Waals surface area contributed by atoms with Crippen LogP contribution in [0.25, 0.3) is 0 Å². The highest BCUT2D eigenvalue weighted by Gasteiger charge is 2.15. The summed E-state index contributed by atoms with van der Waals surface area (Å²) in [5.41, 5.74) is 6.31. The Bertz CT molecular complexity index is 516. The summed E-state index contributed by atoms with van der Waals surface area (Å²) in [6, 6.07) is 4.73. The minimum atomic E-state index is -0.352. The molecule has 116 valence electrons. The fourth-order valence-corrected chi connectivity index (χ4v) is 1.85. The third-order valence-electron chi connectivity index (χ3n) is 2.90. The van der Waals surface area contributed by atoms with Crippen molar-refractivity contribution < 1.29 is 14.3 Å². The molecule has 0 aliphatic rings. The number of nitrogens with zero attached hydrogens (tertiary/aromatic N) is 1. The number of halogens is 1. The SMILES string of the molecule is COC(CN)CC(=O)Nc1cc(C(=O)N(C)C)ccc1Cl. The van der Waals surface area contributed by atoms with Crippen LogP contribution in [0, 0.1) is 0 Å². The van der Waals surface area contributed by atoms with Crippen molar-refractivity contribution >= 4 is 29.1 Å². The monoisotopic (exact) mass is 313 g/mol. The van der Waals surface area contributed by atoms with Crippen LogP contribution in [-0.4, -0.2) is 50.6 Å². The summed E-state index contributed by atoms with van der Waals surface area (Å²) in [7, 11) is 4.80. The lowest BCUT2D eigenvalue weighted by atomic mass is 10.1. The number of benzene rings is 1. The molecule has 0 radical (unpaired) electrons. The molecule has 21 heavy (non-hydrogen) atoms. The second-order valence-electron chi connectivity index (χ2n) is 4.74. The number of nitrogens with two attached hydrogens (primary N) is 1. The van der Waals surface area contributed by atoms with Gasteiger partial charge in [0.05, 0.1) is 23.2 Å². The highest BCUT2D eigenvalue weighted by atomic mass is 35.5. The molecule has 0 bridgehead atoms. The molecule has 0 heterocycles. The van der Waals surface area contributed by atoms with Gasteiger partial charge in [0.1, 0.15) is 0 Å². The Morgan fingerprint density at radius 3 is 2.62 bits per heavy atom. The van der Waals surface area contributed by atoms with Gasteiger partial charge in [0, 0.05) is 33.3 Å². The lowest BCUT2D eigenvalue weighted by Gasteiger charge is -2.15. The van der Waals surface area contributed by atoms with Crippen LogP contribution in [0.4, 0.5) is 5.69 Å². The van der Waals surface area contributed by atoms with Crippen LogP contribution in [-0.2, 0) is 9.53 Å². The molecule has 1 rings (SSSR count). The average Bonchev–Trinajstić information content (AvgIpc) is 2.46. The van der Waals surface area contributed by atoms with E-state index in [1.165, 1.54) is 12.0 Å². The van der Waals surface area contributed by atoms with Crippen molar-refractivity contribution in [3.8, 4) is 0 Å². The minimum absolute atomic E-state index is 0.120. The predicted octanol–water partition coefficient (Wildman–Crippen LogP) is 1.34. The standard InChI is InChI=1S/C14H20ClN3O3/c1-18(2)14(20)9-4-5-11(15)12(6-9)17-13(19)7-10(8-16)21-3/h4-6,10H,7-8,16H2,1-3H3,(H,17,19). The number of nitrogens with one attached hydrogen (secondary N) is 1. The van der Waals surface area contributed by atoms with E-state index in [0.717, 1.165) is 0 Å². The number of amides is 2. The molecule has 0 aromatic heterocycles. The van der Waals surface area contributed by atoms with Gasteiger partial charge in [-0.3, -0.25) is 9.59 Å². The lowest BCUT2D eigenvalue weighted by Crippen LogP contribution is -2.28. The number of rotatable bonds is 6. The smallest absolute Gasteiger partial charge is 0.253 e. The fourth-order valence-electron chi connectivity index (χ4n) is 1.68. The van der Waals surface area contributed by atoms with Crippen LogP contribution in [0.1, 0.15) is 16.8 Å². The Labute approximate surface area is 129 Å². The summed E-state index contributed by atoms with van der Waals surface area (Å²) < 4.78 is 5.05. The van der Waals surface area contributed by atoms with E-state index in [1.807, 2.05) is 0 Å². The Morgan fingerprint density at radius 1 is 1.43 bits per heavy atom. The molecule has 7 heteroatoms. The Balaban J connectivity index is 2.85. The number of hydrogen-bond acceptors (Lipinski definition) is 4. The number of anilines is 1. The summed E-state index contributed by atoms with van der Waals surface area (Å²) in [4.78, 5) is 25.3. The summed E-state index contributed by atoms with van der Waals surface area (Å²) in [5, 5.41) is 3.03. The van der Waals surface area contributed by atoms with Gasteiger partial charge in [0.15, 0.2) is 0 Å². The van der Waals surface area contributed by atoms with Crippen molar-refractivity contribution in [3.05, 3.63) is 28.8 Å². The Kier molecular flexibility index (Phi) is 6.61. The van der Waals surface area contributed by atoms with Gasteiger partial charge >= 0.3 is 0 Å². The largest absolute Gasteiger partial charge is 0.380 e.